The maximum atomic E-state index is 12.4. The minimum absolute atomic E-state index is 0.251. The van der Waals surface area contributed by atoms with Crippen molar-refractivity contribution in [1.29, 1.82) is 0 Å². The second-order valence-corrected chi connectivity index (χ2v) is 7.29. The van der Waals surface area contributed by atoms with Gasteiger partial charge in [-0.3, -0.25) is 19.3 Å². The molecule has 0 saturated carbocycles. The van der Waals surface area contributed by atoms with Crippen molar-refractivity contribution in [3.63, 3.8) is 0 Å². The number of benzene rings is 2. The van der Waals surface area contributed by atoms with Gasteiger partial charge in [-0.1, -0.05) is 38.1 Å². The van der Waals surface area contributed by atoms with Crippen molar-refractivity contribution in [3.8, 4) is 0 Å². The number of hydrogen-bond acceptors (Lipinski definition) is 5. The first kappa shape index (κ1) is 21.2. The first-order valence-corrected chi connectivity index (χ1v) is 9.86. The summed E-state index contributed by atoms with van der Waals surface area (Å²) in [5.74, 6) is -2.00. The zero-order valence-corrected chi connectivity index (χ0v) is 17.2. The monoisotopic (exact) mass is 408 g/mol. The van der Waals surface area contributed by atoms with E-state index in [1.165, 1.54) is 24.6 Å². The van der Waals surface area contributed by atoms with Crippen molar-refractivity contribution in [1.82, 2.24) is 4.90 Å². The molecule has 7 heteroatoms. The van der Waals surface area contributed by atoms with E-state index in [9.17, 15) is 19.2 Å². The Morgan fingerprint density at radius 2 is 1.53 bits per heavy atom. The van der Waals surface area contributed by atoms with E-state index in [0.717, 1.165) is 11.3 Å². The highest BCUT2D eigenvalue weighted by molar-refractivity contribution is 6.22. The molecule has 30 heavy (non-hydrogen) atoms. The molecule has 3 amide bonds. The molecule has 3 rings (SSSR count). The maximum absolute atomic E-state index is 12.4. The van der Waals surface area contributed by atoms with Crippen LogP contribution in [-0.4, -0.2) is 41.2 Å². The molecule has 1 aliphatic rings. The number of ether oxygens (including phenoxy) is 1. The van der Waals surface area contributed by atoms with Gasteiger partial charge >= 0.3 is 5.97 Å². The van der Waals surface area contributed by atoms with Crippen LogP contribution in [0.3, 0.4) is 0 Å². The molecule has 2 atom stereocenters. The van der Waals surface area contributed by atoms with Crippen LogP contribution in [0.25, 0.3) is 0 Å². The molecule has 0 fully saturated rings. The van der Waals surface area contributed by atoms with Crippen LogP contribution in [0.15, 0.2) is 48.5 Å². The summed E-state index contributed by atoms with van der Waals surface area (Å²) in [5, 5.41) is 2.66. The summed E-state index contributed by atoms with van der Waals surface area (Å²) in [6.45, 7) is 5.12. The molecule has 156 valence electrons. The molecule has 0 unspecified atom stereocenters. The lowest BCUT2D eigenvalue weighted by molar-refractivity contribution is -0.150. The third-order valence-corrected chi connectivity index (χ3v) is 5.28. The number of esters is 1. The number of fused-ring (bicyclic) bond motifs is 1. The van der Waals surface area contributed by atoms with Crippen LogP contribution in [0.5, 0.6) is 0 Å². The Morgan fingerprint density at radius 1 is 0.967 bits per heavy atom. The van der Waals surface area contributed by atoms with Gasteiger partial charge in [0, 0.05) is 5.69 Å². The van der Waals surface area contributed by atoms with E-state index in [1.807, 2.05) is 12.1 Å². The van der Waals surface area contributed by atoms with Gasteiger partial charge < -0.3 is 10.1 Å². The Kier molecular flexibility index (Phi) is 6.30. The van der Waals surface area contributed by atoms with Gasteiger partial charge in [0.15, 0.2) is 6.61 Å². The molecular formula is C23H24N2O5. The van der Waals surface area contributed by atoms with Gasteiger partial charge in [0.25, 0.3) is 17.7 Å². The van der Waals surface area contributed by atoms with Gasteiger partial charge in [0.05, 0.1) is 11.1 Å². The van der Waals surface area contributed by atoms with Gasteiger partial charge in [-0.15, -0.1) is 0 Å². The lowest BCUT2D eigenvalue weighted by Gasteiger charge is -2.20. The third kappa shape index (κ3) is 4.25. The van der Waals surface area contributed by atoms with Gasteiger partial charge in [-0.25, -0.2) is 4.79 Å². The first-order chi connectivity index (χ1) is 14.3. The average molecular weight is 408 g/mol. The molecule has 0 radical (unpaired) electrons. The fourth-order valence-corrected chi connectivity index (χ4v) is 3.25. The second kappa shape index (κ2) is 8.90. The largest absolute Gasteiger partial charge is 0.454 e. The molecule has 0 saturated heterocycles. The van der Waals surface area contributed by atoms with Crippen molar-refractivity contribution >= 4 is 29.4 Å². The van der Waals surface area contributed by atoms with Crippen molar-refractivity contribution in [2.24, 2.45) is 0 Å². The Morgan fingerprint density at radius 3 is 2.07 bits per heavy atom. The normalized spacial score (nSPS) is 14.8. The van der Waals surface area contributed by atoms with Crippen LogP contribution in [0, 0.1) is 0 Å². The van der Waals surface area contributed by atoms with Gasteiger partial charge in [-0.05, 0) is 49.1 Å². The molecule has 2 aromatic rings. The summed E-state index contributed by atoms with van der Waals surface area (Å²) >= 11 is 0. The van der Waals surface area contributed by atoms with Crippen LogP contribution in [0.4, 0.5) is 5.69 Å². The van der Waals surface area contributed by atoms with E-state index in [2.05, 4.69) is 19.2 Å². The van der Waals surface area contributed by atoms with Gasteiger partial charge in [0.1, 0.15) is 6.04 Å². The van der Waals surface area contributed by atoms with Crippen molar-refractivity contribution in [2.75, 3.05) is 11.9 Å². The quantitative estimate of drug-likeness (QED) is 0.560. The van der Waals surface area contributed by atoms with E-state index < -0.39 is 36.3 Å². The number of carbonyl (C=O) groups excluding carboxylic acids is 4. The number of hydrogen-bond donors (Lipinski definition) is 1. The van der Waals surface area contributed by atoms with E-state index in [0.29, 0.717) is 11.6 Å². The van der Waals surface area contributed by atoms with Crippen LogP contribution in [-0.2, 0) is 14.3 Å². The zero-order valence-electron chi connectivity index (χ0n) is 17.2. The molecule has 1 heterocycles. The van der Waals surface area contributed by atoms with Crippen LogP contribution < -0.4 is 5.32 Å². The SMILES string of the molecule is CC[C@H](C)c1ccc(NC(=O)COC(=O)[C@@H](C)N2C(=O)c3ccccc3C2=O)cc1. The van der Waals surface area contributed by atoms with Crippen molar-refractivity contribution < 1.29 is 23.9 Å². The summed E-state index contributed by atoms with van der Waals surface area (Å²) in [4.78, 5) is 50.2. The molecular weight excluding hydrogens is 384 g/mol. The summed E-state index contributed by atoms with van der Waals surface area (Å²) in [7, 11) is 0. The van der Waals surface area contributed by atoms with Crippen molar-refractivity contribution in [2.45, 2.75) is 39.2 Å². The molecule has 2 aromatic carbocycles. The number of anilines is 1. The Hall–Kier alpha value is -3.48. The Balaban J connectivity index is 1.54. The highest BCUT2D eigenvalue weighted by Crippen LogP contribution is 2.25. The smallest absolute Gasteiger partial charge is 0.329 e. The topological polar surface area (TPSA) is 92.8 Å². The molecule has 1 aliphatic heterocycles. The minimum atomic E-state index is -1.14. The lowest BCUT2D eigenvalue weighted by atomic mass is 9.99. The Labute approximate surface area is 175 Å². The van der Waals surface area contributed by atoms with E-state index >= 15 is 0 Å². The number of amides is 3. The molecule has 1 N–H and O–H groups in total. The number of rotatable bonds is 7. The maximum Gasteiger partial charge on any atom is 0.329 e. The minimum Gasteiger partial charge on any atom is -0.454 e. The third-order valence-electron chi connectivity index (χ3n) is 5.28. The highest BCUT2D eigenvalue weighted by Gasteiger charge is 2.41. The number of nitrogens with one attached hydrogen (secondary N) is 1. The second-order valence-electron chi connectivity index (χ2n) is 7.29. The predicted molar refractivity (Wildman–Crippen MR) is 111 cm³/mol. The Bertz CT molecular complexity index is 948. The summed E-state index contributed by atoms with van der Waals surface area (Å²) in [6, 6.07) is 12.7. The number of imide groups is 1. The van der Waals surface area contributed by atoms with Crippen LogP contribution in [0.2, 0.25) is 0 Å². The van der Waals surface area contributed by atoms with Crippen molar-refractivity contribution in [3.05, 3.63) is 65.2 Å². The van der Waals surface area contributed by atoms with Crippen LogP contribution >= 0.6 is 0 Å². The summed E-state index contributed by atoms with van der Waals surface area (Å²) in [6.07, 6.45) is 1.02. The van der Waals surface area contributed by atoms with Gasteiger partial charge in [-0.2, -0.15) is 0 Å². The molecule has 0 aromatic heterocycles. The standard InChI is InChI=1S/C23H24N2O5/c1-4-14(2)16-9-11-17(12-10-16)24-20(26)13-30-23(29)15(3)25-21(27)18-7-5-6-8-19(18)22(25)28/h5-12,14-15H,4,13H2,1-3H3,(H,24,26)/t14-,15+/m0/s1. The summed E-state index contributed by atoms with van der Waals surface area (Å²) in [5.41, 5.74) is 2.27. The molecule has 0 spiro atoms. The van der Waals surface area contributed by atoms with E-state index in [4.69, 9.17) is 4.74 Å². The lowest BCUT2D eigenvalue weighted by Crippen LogP contribution is -2.44. The molecule has 0 aliphatic carbocycles. The highest BCUT2D eigenvalue weighted by atomic mass is 16.5. The fourth-order valence-electron chi connectivity index (χ4n) is 3.25. The van der Waals surface area contributed by atoms with E-state index in [1.54, 1.807) is 24.3 Å². The summed E-state index contributed by atoms with van der Waals surface area (Å²) < 4.78 is 5.03. The fraction of sp³-hybridized carbons (Fsp3) is 0.304. The predicted octanol–water partition coefficient (Wildman–Crippen LogP) is 3.37. The number of carbonyl (C=O) groups is 4. The molecule has 7 nitrogen and oxygen atoms in total. The van der Waals surface area contributed by atoms with E-state index in [-0.39, 0.29) is 11.1 Å². The van der Waals surface area contributed by atoms with Crippen LogP contribution in [0.1, 0.15) is 59.4 Å². The molecule has 0 bridgehead atoms. The average Bonchev–Trinajstić information content (AvgIpc) is 3.02. The van der Waals surface area contributed by atoms with Gasteiger partial charge in [0.2, 0.25) is 0 Å². The first-order valence-electron chi connectivity index (χ1n) is 9.86. The zero-order chi connectivity index (χ0) is 21.8. The number of nitrogens with zero attached hydrogens (tertiary/aromatic N) is 1.